The van der Waals surface area contributed by atoms with Crippen molar-refractivity contribution in [3.63, 3.8) is 0 Å². The summed E-state index contributed by atoms with van der Waals surface area (Å²) in [5.41, 5.74) is 6.72. The van der Waals surface area contributed by atoms with Crippen molar-refractivity contribution in [3.05, 3.63) is 112 Å². The van der Waals surface area contributed by atoms with Gasteiger partial charge in [-0.3, -0.25) is 19.7 Å². The number of aryl methyl sites for hydroxylation is 1. The summed E-state index contributed by atoms with van der Waals surface area (Å²) in [6.45, 7) is 3.51. The Morgan fingerprint density at radius 1 is 0.953 bits per heavy atom. The number of anilines is 1. The molecule has 43 heavy (non-hydrogen) atoms. The molecule has 226 valence electrons. The third kappa shape index (κ3) is 10.3. The van der Waals surface area contributed by atoms with Crippen molar-refractivity contribution >= 4 is 29.6 Å². The molecule has 3 amide bonds. The molecule has 1 aromatic heterocycles. The zero-order valence-electron chi connectivity index (χ0n) is 24.2. The van der Waals surface area contributed by atoms with Crippen LogP contribution in [-0.2, 0) is 36.9 Å². The number of carbonyl (C=O) groups excluding carboxylic acids is 4. The second-order valence-electron chi connectivity index (χ2n) is 9.71. The van der Waals surface area contributed by atoms with Gasteiger partial charge in [0.15, 0.2) is 0 Å². The smallest absolute Gasteiger partial charge is 0.412 e. The van der Waals surface area contributed by atoms with Crippen LogP contribution >= 0.6 is 0 Å². The normalized spacial score (nSPS) is 12.2. The van der Waals surface area contributed by atoms with Crippen molar-refractivity contribution in [2.24, 2.45) is 5.73 Å². The highest BCUT2D eigenvalue weighted by Gasteiger charge is 2.26. The number of nitrogens with zero attached hydrogens (tertiary/aromatic N) is 1. The van der Waals surface area contributed by atoms with E-state index >= 15 is 0 Å². The van der Waals surface area contributed by atoms with Crippen LogP contribution in [0, 0.1) is 6.92 Å². The summed E-state index contributed by atoms with van der Waals surface area (Å²) >= 11 is 0. The highest BCUT2D eigenvalue weighted by Crippen LogP contribution is 2.18. The zero-order valence-corrected chi connectivity index (χ0v) is 24.2. The van der Waals surface area contributed by atoms with Crippen LogP contribution in [-0.4, -0.2) is 41.1 Å². The Kier molecular flexibility index (Phi) is 12.3. The van der Waals surface area contributed by atoms with Crippen LogP contribution < -0.4 is 21.9 Å². The Morgan fingerprint density at radius 2 is 1.60 bits per heavy atom. The fourth-order valence-corrected chi connectivity index (χ4v) is 4.23. The molecular formula is C32H36N4O7. The lowest BCUT2D eigenvalue weighted by atomic mass is 10.0. The molecule has 0 bridgehead atoms. The van der Waals surface area contributed by atoms with Gasteiger partial charge in [0.2, 0.25) is 11.8 Å². The minimum atomic E-state index is -1.05. The van der Waals surface area contributed by atoms with E-state index in [0.717, 1.165) is 11.1 Å². The molecule has 2 atom stereocenters. The van der Waals surface area contributed by atoms with Gasteiger partial charge in [0.05, 0.1) is 6.61 Å². The molecule has 0 aliphatic carbocycles. The molecular weight excluding hydrogens is 552 g/mol. The molecule has 11 nitrogen and oxygen atoms in total. The van der Waals surface area contributed by atoms with E-state index in [9.17, 15) is 24.0 Å². The fraction of sp³-hybridized carbons (Fsp3) is 0.281. The number of rotatable bonds is 14. The van der Waals surface area contributed by atoms with Crippen LogP contribution in [0.2, 0.25) is 0 Å². The first kappa shape index (κ1) is 32.3. The maximum Gasteiger partial charge on any atom is 0.412 e. The highest BCUT2D eigenvalue weighted by atomic mass is 16.5. The predicted octanol–water partition coefficient (Wildman–Crippen LogP) is 3.56. The average Bonchev–Trinajstić information content (AvgIpc) is 2.99. The van der Waals surface area contributed by atoms with Crippen LogP contribution in [0.4, 0.5) is 10.5 Å². The van der Waals surface area contributed by atoms with Crippen LogP contribution in [0.25, 0.3) is 0 Å². The zero-order chi connectivity index (χ0) is 31.2. The van der Waals surface area contributed by atoms with Gasteiger partial charge in [-0.1, -0.05) is 66.7 Å². The van der Waals surface area contributed by atoms with E-state index in [0.29, 0.717) is 5.56 Å². The van der Waals surface area contributed by atoms with E-state index in [4.69, 9.17) is 15.2 Å². The number of nitrogens with one attached hydrogen (secondary N) is 2. The van der Waals surface area contributed by atoms with Crippen molar-refractivity contribution in [1.29, 1.82) is 0 Å². The van der Waals surface area contributed by atoms with Crippen LogP contribution in [0.15, 0.2) is 89.9 Å². The predicted molar refractivity (Wildman–Crippen MR) is 161 cm³/mol. The second kappa shape index (κ2) is 16.3. The number of hydrogen-bond donors (Lipinski definition) is 3. The number of pyridine rings is 1. The van der Waals surface area contributed by atoms with E-state index in [2.05, 4.69) is 10.6 Å². The quantitative estimate of drug-likeness (QED) is 0.192. The lowest BCUT2D eigenvalue weighted by Crippen LogP contribution is -2.43. The lowest BCUT2D eigenvalue weighted by molar-refractivity contribution is -0.137. The van der Waals surface area contributed by atoms with Gasteiger partial charge in [-0.2, -0.15) is 0 Å². The first-order valence-corrected chi connectivity index (χ1v) is 13.8. The Hall–Kier alpha value is -5.19. The number of benzene rings is 2. The van der Waals surface area contributed by atoms with Gasteiger partial charge < -0.3 is 25.1 Å². The number of primary amides is 1. The molecule has 0 radical (unpaired) electrons. The molecule has 4 N–H and O–H groups in total. The van der Waals surface area contributed by atoms with Gasteiger partial charge >= 0.3 is 12.1 Å². The number of hydrogen-bond acceptors (Lipinski definition) is 7. The Morgan fingerprint density at radius 3 is 2.23 bits per heavy atom. The average molecular weight is 589 g/mol. The van der Waals surface area contributed by atoms with Gasteiger partial charge in [0.1, 0.15) is 18.3 Å². The van der Waals surface area contributed by atoms with E-state index in [1.807, 2.05) is 48.5 Å². The van der Waals surface area contributed by atoms with Gasteiger partial charge in [0, 0.05) is 31.2 Å². The number of nitrogens with two attached hydrogens (primary N) is 1. The molecule has 0 fully saturated rings. The van der Waals surface area contributed by atoms with Crippen molar-refractivity contribution in [2.75, 3.05) is 11.9 Å². The van der Waals surface area contributed by atoms with Gasteiger partial charge in [-0.05, 0) is 43.0 Å². The molecule has 0 saturated carbocycles. The maximum absolute atomic E-state index is 13.8. The van der Waals surface area contributed by atoms with Gasteiger partial charge in [0.25, 0.3) is 5.56 Å². The monoisotopic (exact) mass is 588 g/mol. The second-order valence-corrected chi connectivity index (χ2v) is 9.71. The first-order chi connectivity index (χ1) is 20.7. The number of aromatic nitrogens is 1. The van der Waals surface area contributed by atoms with Crippen LogP contribution in [0.3, 0.4) is 0 Å². The summed E-state index contributed by atoms with van der Waals surface area (Å²) in [7, 11) is 0. The summed E-state index contributed by atoms with van der Waals surface area (Å²) in [6, 6.07) is 18.0. The van der Waals surface area contributed by atoms with Crippen LogP contribution in [0.5, 0.6) is 0 Å². The molecule has 1 heterocycles. The minimum absolute atomic E-state index is 0.0117. The largest absolute Gasteiger partial charge is 0.463 e. The highest BCUT2D eigenvalue weighted by molar-refractivity contribution is 5.86. The number of esters is 1. The minimum Gasteiger partial charge on any atom is -0.463 e. The molecule has 0 aliphatic rings. The Labute approximate surface area is 249 Å². The summed E-state index contributed by atoms with van der Waals surface area (Å²) in [6.07, 6.45) is 3.47. The standard InChI is InChI=1S/C32H36N4O7/c1-3-42-28(38)17-15-25(14-16-27(33)37)34-30(39)26(20-23-10-6-4-7-11-23)36-19-18-22(2)29(31(36)40)35-32(41)43-21-24-12-8-5-9-13-24/h4-13,15,17-19,25-26H,3,14,16,20-21H2,1-2H3,(H2,33,37)(H,34,39)(H,35,41)/b17-15+/t25-,26-/m0/s1. The Balaban J connectivity index is 1.90. The summed E-state index contributed by atoms with van der Waals surface area (Å²) in [5.74, 6) is -1.73. The molecule has 0 spiro atoms. The van der Waals surface area contributed by atoms with Gasteiger partial charge in [-0.15, -0.1) is 0 Å². The van der Waals surface area contributed by atoms with Gasteiger partial charge in [-0.25, -0.2) is 9.59 Å². The third-order valence-corrected chi connectivity index (χ3v) is 6.46. The van der Waals surface area contributed by atoms with Crippen molar-refractivity contribution in [2.45, 2.75) is 51.8 Å². The molecule has 11 heteroatoms. The van der Waals surface area contributed by atoms with E-state index in [1.54, 1.807) is 32.0 Å². The first-order valence-electron chi connectivity index (χ1n) is 13.8. The van der Waals surface area contributed by atoms with Crippen molar-refractivity contribution in [3.8, 4) is 0 Å². The van der Waals surface area contributed by atoms with E-state index in [-0.39, 0.29) is 38.2 Å². The summed E-state index contributed by atoms with van der Waals surface area (Å²) in [5, 5.41) is 5.34. The molecule has 3 aromatic rings. The van der Waals surface area contributed by atoms with E-state index in [1.165, 1.54) is 22.9 Å². The lowest BCUT2D eigenvalue weighted by Gasteiger charge is -2.24. The Bertz CT molecular complexity index is 1490. The summed E-state index contributed by atoms with van der Waals surface area (Å²) < 4.78 is 11.4. The third-order valence-electron chi connectivity index (χ3n) is 6.46. The van der Waals surface area contributed by atoms with E-state index < -0.39 is 41.5 Å². The topological polar surface area (TPSA) is 159 Å². The number of amides is 3. The summed E-state index contributed by atoms with van der Waals surface area (Å²) in [4.78, 5) is 63.4. The molecule has 0 aliphatic heterocycles. The fourth-order valence-electron chi connectivity index (χ4n) is 4.23. The molecule has 3 rings (SSSR count). The maximum atomic E-state index is 13.8. The van der Waals surface area contributed by atoms with Crippen molar-refractivity contribution in [1.82, 2.24) is 9.88 Å². The molecule has 0 saturated heterocycles. The number of ether oxygens (including phenoxy) is 2. The SMILES string of the molecule is CCOC(=O)/C=C/[C@H](CCC(N)=O)NC(=O)[C@H](Cc1ccccc1)n1ccc(C)c(NC(=O)OCc2ccccc2)c1=O. The molecule has 2 aromatic carbocycles. The van der Waals surface area contributed by atoms with Crippen molar-refractivity contribution < 1.29 is 28.7 Å². The molecule has 0 unspecified atom stereocenters. The van der Waals surface area contributed by atoms with Crippen LogP contribution in [0.1, 0.15) is 42.5 Å². The number of carbonyl (C=O) groups is 4.